The molecule has 2 aromatic carbocycles. The molecule has 29 heavy (non-hydrogen) atoms. The van der Waals surface area contributed by atoms with Gasteiger partial charge >= 0.3 is 5.97 Å². The number of esters is 1. The third-order valence-corrected chi connectivity index (χ3v) is 5.51. The highest BCUT2D eigenvalue weighted by molar-refractivity contribution is 6.31. The van der Waals surface area contributed by atoms with Crippen molar-refractivity contribution in [2.24, 2.45) is 0 Å². The molecule has 0 fully saturated rings. The van der Waals surface area contributed by atoms with Crippen LogP contribution in [0, 0.1) is 0 Å². The fraction of sp³-hybridized carbons (Fsp3) is 0.261. The first kappa shape index (κ1) is 19.4. The van der Waals surface area contributed by atoms with Gasteiger partial charge in [0.05, 0.1) is 11.1 Å². The molecule has 0 saturated carbocycles. The number of aryl methyl sites for hydroxylation is 1. The standard InChI is InChI=1S/C23H21ClN2O3/c24-18-10-4-1-7-15(18)13-25-21(27)14-29-23(28)22-16-8-2-5-11-19(16)26-20-12-6-3-9-17(20)22/h1-2,4-5,7-8,10-11H,3,6,9,12-14H2,(H,25,27). The molecular weight excluding hydrogens is 388 g/mol. The molecule has 0 aliphatic heterocycles. The van der Waals surface area contributed by atoms with Crippen LogP contribution in [0.15, 0.2) is 48.5 Å². The van der Waals surface area contributed by atoms with Crippen LogP contribution in [0.25, 0.3) is 10.9 Å². The lowest BCUT2D eigenvalue weighted by Crippen LogP contribution is -2.29. The van der Waals surface area contributed by atoms with E-state index in [2.05, 4.69) is 5.32 Å². The summed E-state index contributed by atoms with van der Waals surface area (Å²) in [5.41, 5.74) is 4.05. The van der Waals surface area contributed by atoms with Gasteiger partial charge in [-0.15, -0.1) is 0 Å². The summed E-state index contributed by atoms with van der Waals surface area (Å²) in [5.74, 6) is -0.847. The van der Waals surface area contributed by atoms with Gasteiger partial charge in [0.2, 0.25) is 0 Å². The second-order valence-corrected chi connectivity index (χ2v) is 7.49. The van der Waals surface area contributed by atoms with Crippen molar-refractivity contribution in [1.29, 1.82) is 0 Å². The van der Waals surface area contributed by atoms with Crippen molar-refractivity contribution in [3.05, 3.63) is 75.9 Å². The first-order valence-corrected chi connectivity index (χ1v) is 10.1. The number of aromatic nitrogens is 1. The average molecular weight is 409 g/mol. The molecule has 4 rings (SSSR count). The van der Waals surface area contributed by atoms with Crippen molar-refractivity contribution >= 4 is 34.4 Å². The van der Waals surface area contributed by atoms with E-state index in [-0.39, 0.29) is 19.1 Å². The van der Waals surface area contributed by atoms with E-state index < -0.39 is 5.97 Å². The lowest BCUT2D eigenvalue weighted by molar-refractivity contribution is -0.124. The smallest absolute Gasteiger partial charge is 0.339 e. The van der Waals surface area contributed by atoms with Crippen molar-refractivity contribution in [2.75, 3.05) is 6.61 Å². The number of hydrogen-bond donors (Lipinski definition) is 1. The maximum absolute atomic E-state index is 12.9. The number of para-hydroxylation sites is 1. The second-order valence-electron chi connectivity index (χ2n) is 7.08. The largest absolute Gasteiger partial charge is 0.452 e. The quantitative estimate of drug-likeness (QED) is 0.641. The summed E-state index contributed by atoms with van der Waals surface area (Å²) in [7, 11) is 0. The average Bonchev–Trinajstić information content (AvgIpc) is 2.75. The van der Waals surface area contributed by atoms with Crippen LogP contribution in [-0.2, 0) is 28.9 Å². The van der Waals surface area contributed by atoms with Crippen LogP contribution in [0.2, 0.25) is 5.02 Å². The van der Waals surface area contributed by atoms with E-state index >= 15 is 0 Å². The number of carbonyl (C=O) groups is 2. The molecule has 1 amide bonds. The molecule has 1 heterocycles. The van der Waals surface area contributed by atoms with Gasteiger partial charge in [-0.3, -0.25) is 9.78 Å². The minimum absolute atomic E-state index is 0.281. The molecule has 3 aromatic rings. The maximum Gasteiger partial charge on any atom is 0.339 e. The van der Waals surface area contributed by atoms with Gasteiger partial charge in [0.25, 0.3) is 5.91 Å². The molecule has 0 spiro atoms. The van der Waals surface area contributed by atoms with Crippen LogP contribution >= 0.6 is 11.6 Å². The van der Waals surface area contributed by atoms with Crippen LogP contribution in [0.4, 0.5) is 0 Å². The minimum Gasteiger partial charge on any atom is -0.452 e. The van der Waals surface area contributed by atoms with Crippen LogP contribution in [0.3, 0.4) is 0 Å². The molecule has 6 heteroatoms. The lowest BCUT2D eigenvalue weighted by Gasteiger charge is -2.19. The summed E-state index contributed by atoms with van der Waals surface area (Å²) < 4.78 is 5.37. The summed E-state index contributed by atoms with van der Waals surface area (Å²) in [6, 6.07) is 14.8. The van der Waals surface area contributed by atoms with Gasteiger partial charge in [0, 0.05) is 22.6 Å². The molecule has 148 valence electrons. The number of amides is 1. The Hall–Kier alpha value is -2.92. The van der Waals surface area contributed by atoms with Gasteiger partial charge in [0.1, 0.15) is 0 Å². The van der Waals surface area contributed by atoms with Crippen molar-refractivity contribution < 1.29 is 14.3 Å². The lowest BCUT2D eigenvalue weighted by atomic mass is 9.90. The normalized spacial score (nSPS) is 13.0. The number of rotatable bonds is 5. The van der Waals surface area contributed by atoms with E-state index in [1.54, 1.807) is 6.07 Å². The summed E-state index contributed by atoms with van der Waals surface area (Å²) in [5, 5.41) is 4.09. The predicted molar refractivity (Wildman–Crippen MR) is 112 cm³/mol. The molecule has 1 aliphatic carbocycles. The van der Waals surface area contributed by atoms with Crippen LogP contribution in [0.1, 0.15) is 40.0 Å². The SMILES string of the molecule is O=C(COC(=O)c1c2c(nc3ccccc13)CCCC2)NCc1ccccc1Cl. The molecule has 0 radical (unpaired) electrons. The summed E-state index contributed by atoms with van der Waals surface area (Å²) in [4.78, 5) is 29.8. The number of benzene rings is 2. The van der Waals surface area contributed by atoms with Crippen molar-refractivity contribution in [1.82, 2.24) is 10.3 Å². The van der Waals surface area contributed by atoms with E-state index in [9.17, 15) is 9.59 Å². The Morgan fingerprint density at radius 2 is 1.79 bits per heavy atom. The number of ether oxygens (including phenoxy) is 1. The zero-order valence-electron chi connectivity index (χ0n) is 15.9. The first-order chi connectivity index (χ1) is 14.1. The summed E-state index contributed by atoms with van der Waals surface area (Å²) in [6.45, 7) is -0.0572. The van der Waals surface area contributed by atoms with Crippen molar-refractivity contribution in [2.45, 2.75) is 32.2 Å². The van der Waals surface area contributed by atoms with Gasteiger partial charge in [-0.05, 0) is 48.9 Å². The minimum atomic E-state index is -0.477. The number of pyridine rings is 1. The number of halogens is 1. The highest BCUT2D eigenvalue weighted by atomic mass is 35.5. The molecule has 1 aromatic heterocycles. The highest BCUT2D eigenvalue weighted by Gasteiger charge is 2.24. The number of fused-ring (bicyclic) bond motifs is 2. The third kappa shape index (κ3) is 4.25. The topological polar surface area (TPSA) is 68.3 Å². The van der Waals surface area contributed by atoms with E-state index in [0.29, 0.717) is 10.6 Å². The molecule has 0 saturated heterocycles. The monoisotopic (exact) mass is 408 g/mol. The Bertz CT molecular complexity index is 1080. The number of nitrogens with one attached hydrogen (secondary N) is 1. The molecule has 1 N–H and O–H groups in total. The van der Waals surface area contributed by atoms with Gasteiger partial charge in [-0.25, -0.2) is 4.79 Å². The fourth-order valence-electron chi connectivity index (χ4n) is 3.70. The van der Waals surface area contributed by atoms with Crippen LogP contribution in [0.5, 0.6) is 0 Å². The zero-order chi connectivity index (χ0) is 20.2. The van der Waals surface area contributed by atoms with Gasteiger partial charge in [-0.1, -0.05) is 48.0 Å². The molecule has 1 aliphatic rings. The molecule has 0 bridgehead atoms. The predicted octanol–water partition coefficient (Wildman–Crippen LogP) is 4.24. The molecule has 0 unspecified atom stereocenters. The fourth-order valence-corrected chi connectivity index (χ4v) is 3.90. The van der Waals surface area contributed by atoms with Crippen LogP contribution < -0.4 is 5.32 Å². The van der Waals surface area contributed by atoms with Gasteiger partial charge in [0.15, 0.2) is 6.61 Å². The Labute approximate surface area is 174 Å². The Balaban J connectivity index is 1.48. The highest BCUT2D eigenvalue weighted by Crippen LogP contribution is 2.29. The summed E-state index contributed by atoms with van der Waals surface area (Å²) in [6.07, 6.45) is 3.75. The molecule has 5 nitrogen and oxygen atoms in total. The summed E-state index contributed by atoms with van der Waals surface area (Å²) >= 11 is 6.10. The number of nitrogens with zero attached hydrogens (tertiary/aromatic N) is 1. The van der Waals surface area contributed by atoms with E-state index in [4.69, 9.17) is 21.3 Å². The zero-order valence-corrected chi connectivity index (χ0v) is 16.7. The van der Waals surface area contributed by atoms with Crippen molar-refractivity contribution in [3.8, 4) is 0 Å². The number of carbonyl (C=O) groups excluding carboxylic acids is 2. The van der Waals surface area contributed by atoms with Crippen LogP contribution in [-0.4, -0.2) is 23.5 Å². The molecule has 0 atom stereocenters. The second kappa shape index (κ2) is 8.62. The van der Waals surface area contributed by atoms with Gasteiger partial charge < -0.3 is 10.1 Å². The van der Waals surface area contributed by atoms with E-state index in [1.807, 2.05) is 42.5 Å². The molecular formula is C23H21ClN2O3. The Morgan fingerprint density at radius 3 is 2.66 bits per heavy atom. The number of hydrogen-bond acceptors (Lipinski definition) is 4. The van der Waals surface area contributed by atoms with E-state index in [1.165, 1.54) is 0 Å². The third-order valence-electron chi connectivity index (χ3n) is 5.14. The van der Waals surface area contributed by atoms with Gasteiger partial charge in [-0.2, -0.15) is 0 Å². The first-order valence-electron chi connectivity index (χ1n) is 9.71. The Morgan fingerprint density at radius 1 is 1.03 bits per heavy atom. The maximum atomic E-state index is 12.9. The van der Waals surface area contributed by atoms with E-state index in [0.717, 1.165) is 53.4 Å². The van der Waals surface area contributed by atoms with Crippen molar-refractivity contribution in [3.63, 3.8) is 0 Å². The Kier molecular flexibility index (Phi) is 5.76.